The van der Waals surface area contributed by atoms with Crippen molar-refractivity contribution in [3.8, 4) is 5.75 Å². The molecule has 0 unspecified atom stereocenters. The van der Waals surface area contributed by atoms with Crippen molar-refractivity contribution in [3.05, 3.63) is 28.2 Å². The van der Waals surface area contributed by atoms with E-state index < -0.39 is 0 Å². The van der Waals surface area contributed by atoms with Gasteiger partial charge in [0.25, 0.3) is 0 Å². The van der Waals surface area contributed by atoms with Crippen LogP contribution in [0.5, 0.6) is 5.75 Å². The lowest BCUT2D eigenvalue weighted by Gasteiger charge is -2.11. The number of rotatable bonds is 6. The highest BCUT2D eigenvalue weighted by Gasteiger charge is 2.05. The van der Waals surface area contributed by atoms with Crippen LogP contribution in [0.2, 0.25) is 0 Å². The summed E-state index contributed by atoms with van der Waals surface area (Å²) in [6.07, 6.45) is 1.22. The molecular formula is C13H19BrN2O2. The summed E-state index contributed by atoms with van der Waals surface area (Å²) in [7, 11) is 3.51. The third-order valence-electron chi connectivity index (χ3n) is 2.52. The molecule has 100 valence electrons. The molecule has 1 rings (SSSR count). The summed E-state index contributed by atoms with van der Waals surface area (Å²) >= 11 is 3.44. The molecule has 0 spiro atoms. The van der Waals surface area contributed by atoms with Gasteiger partial charge in [0.2, 0.25) is 5.91 Å². The first-order valence-corrected chi connectivity index (χ1v) is 6.65. The minimum absolute atomic E-state index is 0.121. The molecule has 0 heterocycles. The van der Waals surface area contributed by atoms with Gasteiger partial charge in [-0.15, -0.1) is 0 Å². The second-order valence-corrected chi connectivity index (χ2v) is 5.06. The van der Waals surface area contributed by atoms with Gasteiger partial charge in [-0.25, -0.2) is 0 Å². The van der Waals surface area contributed by atoms with Gasteiger partial charge in [0, 0.05) is 27.1 Å². The number of carbonyl (C=O) groups is 1. The Morgan fingerprint density at radius 1 is 1.44 bits per heavy atom. The molecule has 2 N–H and O–H groups in total. The van der Waals surface area contributed by atoms with Crippen molar-refractivity contribution in [2.75, 3.05) is 20.7 Å². The Balaban J connectivity index is 2.38. The van der Waals surface area contributed by atoms with Crippen LogP contribution >= 0.6 is 15.9 Å². The molecule has 0 aliphatic rings. The lowest BCUT2D eigenvalue weighted by molar-refractivity contribution is -0.128. The Morgan fingerprint density at radius 2 is 2.17 bits per heavy atom. The highest BCUT2D eigenvalue weighted by molar-refractivity contribution is 9.10. The topological polar surface area (TPSA) is 55.6 Å². The van der Waals surface area contributed by atoms with Crippen molar-refractivity contribution in [1.29, 1.82) is 0 Å². The predicted molar refractivity (Wildman–Crippen MR) is 75.5 cm³/mol. The van der Waals surface area contributed by atoms with Gasteiger partial charge in [0.1, 0.15) is 5.75 Å². The van der Waals surface area contributed by atoms with Crippen LogP contribution in [0.25, 0.3) is 0 Å². The van der Waals surface area contributed by atoms with Crippen molar-refractivity contribution < 1.29 is 9.53 Å². The first-order valence-electron chi connectivity index (χ1n) is 5.86. The summed E-state index contributed by atoms with van der Waals surface area (Å²) in [5.41, 5.74) is 6.60. The fourth-order valence-corrected chi connectivity index (χ4v) is 1.96. The highest BCUT2D eigenvalue weighted by atomic mass is 79.9. The maximum atomic E-state index is 11.4. The Morgan fingerprint density at radius 3 is 2.72 bits per heavy atom. The van der Waals surface area contributed by atoms with Gasteiger partial charge in [-0.05, 0) is 40.0 Å². The summed E-state index contributed by atoms with van der Waals surface area (Å²) < 4.78 is 6.50. The molecule has 0 atom stereocenters. The number of benzene rings is 1. The van der Waals surface area contributed by atoms with E-state index in [1.54, 1.807) is 19.0 Å². The summed E-state index contributed by atoms with van der Waals surface area (Å²) in [5, 5.41) is 0. The van der Waals surface area contributed by atoms with Crippen molar-refractivity contribution >= 4 is 21.8 Å². The van der Waals surface area contributed by atoms with Gasteiger partial charge in [-0.2, -0.15) is 0 Å². The molecule has 0 aliphatic heterocycles. The third kappa shape index (κ3) is 4.66. The van der Waals surface area contributed by atoms with Gasteiger partial charge in [-0.1, -0.05) is 6.07 Å². The summed E-state index contributed by atoms with van der Waals surface area (Å²) in [6, 6.07) is 5.77. The van der Waals surface area contributed by atoms with Crippen LogP contribution in [0.3, 0.4) is 0 Å². The van der Waals surface area contributed by atoms with Crippen molar-refractivity contribution in [2.45, 2.75) is 19.4 Å². The number of carbonyl (C=O) groups excluding carboxylic acids is 1. The molecule has 0 aliphatic carbocycles. The van der Waals surface area contributed by atoms with Crippen LogP contribution in [-0.4, -0.2) is 31.5 Å². The van der Waals surface area contributed by atoms with Crippen LogP contribution in [0.4, 0.5) is 0 Å². The second-order valence-electron chi connectivity index (χ2n) is 4.21. The van der Waals surface area contributed by atoms with Gasteiger partial charge < -0.3 is 15.4 Å². The van der Waals surface area contributed by atoms with E-state index in [1.807, 2.05) is 18.2 Å². The summed E-state index contributed by atoms with van der Waals surface area (Å²) in [4.78, 5) is 12.9. The molecule has 0 aromatic heterocycles. The normalized spacial score (nSPS) is 10.2. The van der Waals surface area contributed by atoms with E-state index in [1.165, 1.54) is 0 Å². The van der Waals surface area contributed by atoms with Crippen LogP contribution in [0, 0.1) is 0 Å². The molecule has 1 aromatic rings. The standard InChI is InChI=1S/C13H19BrN2O2/c1-16(2)13(17)4-3-7-18-12-6-5-10(9-15)8-11(12)14/h5-6,8H,3-4,7,9,15H2,1-2H3. The van der Waals surface area contributed by atoms with Gasteiger partial charge in [-0.3, -0.25) is 4.79 Å². The zero-order valence-electron chi connectivity index (χ0n) is 10.8. The van der Waals surface area contributed by atoms with Crippen LogP contribution in [0.1, 0.15) is 18.4 Å². The largest absolute Gasteiger partial charge is 0.492 e. The first-order chi connectivity index (χ1) is 8.54. The summed E-state index contributed by atoms with van der Waals surface area (Å²) in [6.45, 7) is 1.04. The lowest BCUT2D eigenvalue weighted by Crippen LogP contribution is -2.21. The number of nitrogens with zero attached hydrogens (tertiary/aromatic N) is 1. The minimum atomic E-state index is 0.121. The molecule has 0 fully saturated rings. The third-order valence-corrected chi connectivity index (χ3v) is 3.14. The van der Waals surface area contributed by atoms with E-state index in [9.17, 15) is 4.79 Å². The molecule has 4 nitrogen and oxygen atoms in total. The minimum Gasteiger partial charge on any atom is -0.492 e. The van der Waals surface area contributed by atoms with E-state index in [2.05, 4.69) is 15.9 Å². The molecule has 0 saturated carbocycles. The maximum Gasteiger partial charge on any atom is 0.222 e. The predicted octanol–water partition coefficient (Wildman–Crippen LogP) is 2.15. The number of hydrogen-bond acceptors (Lipinski definition) is 3. The smallest absolute Gasteiger partial charge is 0.222 e. The fraction of sp³-hybridized carbons (Fsp3) is 0.462. The quantitative estimate of drug-likeness (QED) is 0.819. The Labute approximate surface area is 116 Å². The van der Waals surface area contributed by atoms with E-state index in [-0.39, 0.29) is 5.91 Å². The van der Waals surface area contributed by atoms with Gasteiger partial charge in [0.15, 0.2) is 0 Å². The molecule has 5 heteroatoms. The molecule has 0 saturated heterocycles. The molecule has 0 bridgehead atoms. The second kappa shape index (κ2) is 7.38. The average Bonchev–Trinajstić information content (AvgIpc) is 2.35. The number of nitrogens with two attached hydrogens (primary N) is 1. The first kappa shape index (κ1) is 15.0. The number of amides is 1. The Hall–Kier alpha value is -1.07. The monoisotopic (exact) mass is 314 g/mol. The number of halogens is 1. The van der Waals surface area contributed by atoms with E-state index in [4.69, 9.17) is 10.5 Å². The number of ether oxygens (including phenoxy) is 1. The van der Waals surface area contributed by atoms with Crippen molar-refractivity contribution in [2.24, 2.45) is 5.73 Å². The molecular weight excluding hydrogens is 296 g/mol. The van der Waals surface area contributed by atoms with Gasteiger partial charge >= 0.3 is 0 Å². The SMILES string of the molecule is CN(C)C(=O)CCCOc1ccc(CN)cc1Br. The van der Waals surface area contributed by atoms with Gasteiger partial charge in [0.05, 0.1) is 11.1 Å². The van der Waals surface area contributed by atoms with E-state index >= 15 is 0 Å². The average molecular weight is 315 g/mol. The van der Waals surface area contributed by atoms with Crippen molar-refractivity contribution in [1.82, 2.24) is 4.90 Å². The Kier molecular flexibility index (Phi) is 6.15. The molecule has 0 radical (unpaired) electrons. The van der Waals surface area contributed by atoms with Crippen LogP contribution < -0.4 is 10.5 Å². The Bertz CT molecular complexity index is 408. The molecule has 18 heavy (non-hydrogen) atoms. The van der Waals surface area contributed by atoms with Crippen LogP contribution in [-0.2, 0) is 11.3 Å². The fourth-order valence-electron chi connectivity index (χ4n) is 1.42. The zero-order valence-corrected chi connectivity index (χ0v) is 12.4. The number of hydrogen-bond donors (Lipinski definition) is 1. The van der Waals surface area contributed by atoms with E-state index in [0.29, 0.717) is 26.0 Å². The maximum absolute atomic E-state index is 11.4. The van der Waals surface area contributed by atoms with E-state index in [0.717, 1.165) is 15.8 Å². The molecule has 1 aromatic carbocycles. The molecule has 1 amide bonds. The summed E-state index contributed by atoms with van der Waals surface area (Å²) in [5.74, 6) is 0.903. The zero-order chi connectivity index (χ0) is 13.5. The van der Waals surface area contributed by atoms with Crippen LogP contribution in [0.15, 0.2) is 22.7 Å². The van der Waals surface area contributed by atoms with Crippen molar-refractivity contribution in [3.63, 3.8) is 0 Å². The highest BCUT2D eigenvalue weighted by Crippen LogP contribution is 2.26. The lowest BCUT2D eigenvalue weighted by atomic mass is 10.2.